The van der Waals surface area contributed by atoms with Crippen LogP contribution in [0.25, 0.3) is 32.8 Å². The molecule has 0 spiro atoms. The van der Waals surface area contributed by atoms with Crippen LogP contribution >= 0.6 is 11.8 Å². The van der Waals surface area contributed by atoms with Gasteiger partial charge >= 0.3 is 0 Å². The van der Waals surface area contributed by atoms with Gasteiger partial charge in [-0.3, -0.25) is 0 Å². The zero-order valence-electron chi connectivity index (χ0n) is 17.4. The molecule has 1 aliphatic rings. The fourth-order valence-electron chi connectivity index (χ4n) is 4.30. The molecule has 0 amide bonds. The summed E-state index contributed by atoms with van der Waals surface area (Å²) in [6.07, 6.45) is -0.440. The van der Waals surface area contributed by atoms with Gasteiger partial charge in [0, 0.05) is 16.8 Å². The van der Waals surface area contributed by atoms with Crippen LogP contribution in [0.2, 0.25) is 0 Å². The van der Waals surface area contributed by atoms with Gasteiger partial charge in [-0.15, -0.1) is 10.2 Å². The standard InChI is InChI=1S/C26H20N4OS/c1-2-32-26-28-25-23(29-30-26)20-13-7-8-14-21(20)27-24(31-25)22-18-11-5-3-9-16(18)15-17-10-4-6-12-19(17)22/h3-15,24,27H,2H2,1H3/t24-/m1/s1. The molecule has 0 saturated carbocycles. The highest BCUT2D eigenvalue weighted by Gasteiger charge is 2.28. The molecule has 156 valence electrons. The van der Waals surface area contributed by atoms with Crippen molar-refractivity contribution < 1.29 is 4.74 Å². The molecule has 1 atom stereocenters. The van der Waals surface area contributed by atoms with Crippen molar-refractivity contribution >= 4 is 39.0 Å². The smallest absolute Gasteiger partial charge is 0.247 e. The van der Waals surface area contributed by atoms with Crippen LogP contribution in [0.5, 0.6) is 5.88 Å². The van der Waals surface area contributed by atoms with E-state index >= 15 is 0 Å². The molecule has 0 saturated heterocycles. The van der Waals surface area contributed by atoms with Crippen molar-refractivity contribution in [2.75, 3.05) is 11.1 Å². The van der Waals surface area contributed by atoms with Crippen molar-refractivity contribution in [2.45, 2.75) is 18.3 Å². The van der Waals surface area contributed by atoms with Gasteiger partial charge in [-0.25, -0.2) is 0 Å². The molecular weight excluding hydrogens is 416 g/mol. The minimum absolute atomic E-state index is 0.440. The second kappa shape index (κ2) is 7.80. The SMILES string of the molecule is CCSc1nnc2c(n1)O[C@H](c1c3ccccc3cc3ccccc13)Nc1ccccc1-2. The van der Waals surface area contributed by atoms with E-state index in [4.69, 9.17) is 9.72 Å². The predicted molar refractivity (Wildman–Crippen MR) is 130 cm³/mol. The fourth-order valence-corrected chi connectivity index (χ4v) is 4.80. The summed E-state index contributed by atoms with van der Waals surface area (Å²) in [5, 5.41) is 17.7. The van der Waals surface area contributed by atoms with E-state index in [0.717, 1.165) is 33.3 Å². The summed E-state index contributed by atoms with van der Waals surface area (Å²) in [5.41, 5.74) is 3.62. The Balaban J connectivity index is 1.62. The first-order chi connectivity index (χ1) is 15.8. The highest BCUT2D eigenvalue weighted by Crippen LogP contribution is 2.42. The Morgan fingerprint density at radius 2 is 1.56 bits per heavy atom. The van der Waals surface area contributed by atoms with E-state index < -0.39 is 6.23 Å². The van der Waals surface area contributed by atoms with E-state index in [1.807, 2.05) is 24.3 Å². The molecule has 5 aromatic rings. The van der Waals surface area contributed by atoms with Gasteiger partial charge in [-0.05, 0) is 39.4 Å². The summed E-state index contributed by atoms with van der Waals surface area (Å²) in [6, 6.07) is 27.2. The average molecular weight is 437 g/mol. The highest BCUT2D eigenvalue weighted by atomic mass is 32.2. The molecule has 4 aromatic carbocycles. The van der Waals surface area contributed by atoms with Crippen LogP contribution in [0.4, 0.5) is 5.69 Å². The number of anilines is 1. The van der Waals surface area contributed by atoms with Crippen LogP contribution in [0, 0.1) is 0 Å². The second-order valence-electron chi connectivity index (χ2n) is 7.60. The molecule has 1 aromatic heterocycles. The first-order valence-electron chi connectivity index (χ1n) is 10.6. The minimum atomic E-state index is -0.440. The van der Waals surface area contributed by atoms with Crippen LogP contribution in [-0.2, 0) is 0 Å². The van der Waals surface area contributed by atoms with Gasteiger partial charge < -0.3 is 10.1 Å². The maximum absolute atomic E-state index is 6.59. The van der Waals surface area contributed by atoms with E-state index in [0.29, 0.717) is 16.7 Å². The van der Waals surface area contributed by atoms with E-state index in [1.54, 1.807) is 11.8 Å². The van der Waals surface area contributed by atoms with Crippen molar-refractivity contribution in [3.63, 3.8) is 0 Å². The third kappa shape index (κ3) is 3.15. The lowest BCUT2D eigenvalue weighted by Gasteiger charge is -2.23. The lowest BCUT2D eigenvalue weighted by Crippen LogP contribution is -2.18. The number of rotatable bonds is 3. The number of hydrogen-bond acceptors (Lipinski definition) is 6. The Hall–Kier alpha value is -3.64. The molecule has 5 nitrogen and oxygen atoms in total. The largest absolute Gasteiger partial charge is 0.448 e. The van der Waals surface area contributed by atoms with Crippen LogP contribution in [0.15, 0.2) is 84.0 Å². The maximum Gasteiger partial charge on any atom is 0.247 e. The molecule has 1 N–H and O–H groups in total. The van der Waals surface area contributed by atoms with Crippen LogP contribution in [-0.4, -0.2) is 20.9 Å². The fraction of sp³-hybridized carbons (Fsp3) is 0.115. The number of aromatic nitrogens is 3. The quantitative estimate of drug-likeness (QED) is 0.259. The van der Waals surface area contributed by atoms with Gasteiger partial charge in [0.1, 0.15) is 0 Å². The van der Waals surface area contributed by atoms with Crippen LogP contribution < -0.4 is 10.1 Å². The monoisotopic (exact) mass is 436 g/mol. The normalized spacial score (nSPS) is 14.8. The van der Waals surface area contributed by atoms with Gasteiger partial charge in [0.05, 0.1) is 0 Å². The number of nitrogens with zero attached hydrogens (tertiary/aromatic N) is 3. The minimum Gasteiger partial charge on any atom is -0.448 e. The molecule has 6 heteroatoms. The first kappa shape index (κ1) is 19.1. The molecule has 6 rings (SSSR count). The number of ether oxygens (including phenoxy) is 1. The molecule has 32 heavy (non-hydrogen) atoms. The Bertz CT molecular complexity index is 1420. The van der Waals surface area contributed by atoms with Gasteiger partial charge in [0.25, 0.3) is 0 Å². The molecular formula is C26H20N4OS. The van der Waals surface area contributed by atoms with Crippen molar-refractivity contribution in [1.82, 2.24) is 15.2 Å². The topological polar surface area (TPSA) is 59.9 Å². The van der Waals surface area contributed by atoms with Crippen molar-refractivity contribution in [3.05, 3.63) is 84.4 Å². The average Bonchev–Trinajstić information content (AvgIpc) is 2.99. The summed E-state index contributed by atoms with van der Waals surface area (Å²) in [5.74, 6) is 1.36. The maximum atomic E-state index is 6.59. The molecule has 1 aliphatic heterocycles. The van der Waals surface area contributed by atoms with E-state index in [-0.39, 0.29) is 0 Å². The van der Waals surface area contributed by atoms with Gasteiger partial charge in [-0.1, -0.05) is 85.4 Å². The summed E-state index contributed by atoms with van der Waals surface area (Å²) in [4.78, 5) is 4.72. The Morgan fingerprint density at radius 1 is 0.875 bits per heavy atom. The molecule has 0 unspecified atom stereocenters. The lowest BCUT2D eigenvalue weighted by molar-refractivity contribution is 0.228. The number of fused-ring (bicyclic) bond motifs is 5. The molecule has 0 fully saturated rings. The number of hydrogen-bond donors (Lipinski definition) is 1. The van der Waals surface area contributed by atoms with E-state index in [1.165, 1.54) is 10.8 Å². The Kier molecular flexibility index (Phi) is 4.65. The molecule has 0 bridgehead atoms. The Labute approximate surface area is 189 Å². The highest BCUT2D eigenvalue weighted by molar-refractivity contribution is 7.99. The zero-order chi connectivity index (χ0) is 21.5. The summed E-state index contributed by atoms with van der Waals surface area (Å²) >= 11 is 1.55. The van der Waals surface area contributed by atoms with Crippen molar-refractivity contribution in [3.8, 4) is 17.1 Å². The molecule has 0 radical (unpaired) electrons. The second-order valence-corrected chi connectivity index (χ2v) is 8.83. The summed E-state index contributed by atoms with van der Waals surface area (Å²) < 4.78 is 6.59. The lowest BCUT2D eigenvalue weighted by atomic mass is 9.95. The number of benzene rings is 4. The van der Waals surface area contributed by atoms with Gasteiger partial charge in [-0.2, -0.15) is 4.98 Å². The number of nitrogens with one attached hydrogen (secondary N) is 1. The van der Waals surface area contributed by atoms with Crippen molar-refractivity contribution in [1.29, 1.82) is 0 Å². The van der Waals surface area contributed by atoms with E-state index in [2.05, 4.69) is 77.0 Å². The van der Waals surface area contributed by atoms with Gasteiger partial charge in [0.2, 0.25) is 11.0 Å². The van der Waals surface area contributed by atoms with Crippen LogP contribution in [0.1, 0.15) is 18.7 Å². The predicted octanol–water partition coefficient (Wildman–Crippen LogP) is 6.46. The number of thioether (sulfide) groups is 1. The first-order valence-corrected chi connectivity index (χ1v) is 11.6. The molecule has 0 aliphatic carbocycles. The zero-order valence-corrected chi connectivity index (χ0v) is 18.3. The van der Waals surface area contributed by atoms with Crippen LogP contribution in [0.3, 0.4) is 0 Å². The summed E-state index contributed by atoms with van der Waals surface area (Å²) in [7, 11) is 0. The Morgan fingerprint density at radius 3 is 2.31 bits per heavy atom. The molecule has 2 heterocycles. The summed E-state index contributed by atoms with van der Waals surface area (Å²) in [6.45, 7) is 2.07. The third-order valence-electron chi connectivity index (χ3n) is 5.68. The van der Waals surface area contributed by atoms with E-state index in [9.17, 15) is 0 Å². The van der Waals surface area contributed by atoms with Gasteiger partial charge in [0.15, 0.2) is 11.9 Å². The van der Waals surface area contributed by atoms with Crippen molar-refractivity contribution in [2.24, 2.45) is 0 Å². The third-order valence-corrected chi connectivity index (χ3v) is 6.40. The number of para-hydroxylation sites is 1.